The zero-order valence-electron chi connectivity index (χ0n) is 48.5. The number of aromatic nitrogens is 1. The Kier molecular flexibility index (Phi) is 15.8. The van der Waals surface area contributed by atoms with E-state index in [-0.39, 0.29) is 11.2 Å². The van der Waals surface area contributed by atoms with Gasteiger partial charge in [-0.1, -0.05) is 168 Å². The summed E-state index contributed by atoms with van der Waals surface area (Å²) in [6.45, 7) is 10.4. The van der Waals surface area contributed by atoms with Crippen LogP contribution in [0.15, 0.2) is 224 Å². The lowest BCUT2D eigenvalue weighted by Crippen LogP contribution is -2.30. The summed E-state index contributed by atoms with van der Waals surface area (Å²) < 4.78 is 20.3. The fraction of sp³-hybridized carbons (Fsp3) is 0.208. The molecule has 10 aromatic carbocycles. The molecule has 414 valence electrons. The first-order chi connectivity index (χ1) is 40.6. The number of nitrogens with zero attached hydrogens (tertiary/aromatic N) is 2. The zero-order valence-corrected chi connectivity index (χ0v) is 48.5. The molecule has 1 aliphatic heterocycles. The first-order valence-corrected chi connectivity index (χ1v) is 29.6. The van der Waals surface area contributed by atoms with Crippen LogP contribution >= 0.6 is 0 Å². The molecule has 83 heavy (non-hydrogen) atoms. The Hall–Kier alpha value is -9.13. The highest BCUT2D eigenvalue weighted by Crippen LogP contribution is 2.51. The van der Waals surface area contributed by atoms with Gasteiger partial charge in [0.1, 0.15) is 17.2 Å². The molecule has 0 N–H and O–H groups in total. The van der Waals surface area contributed by atoms with Crippen molar-refractivity contribution in [2.75, 3.05) is 25.2 Å². The van der Waals surface area contributed by atoms with Crippen LogP contribution < -0.4 is 19.1 Å². The van der Waals surface area contributed by atoms with Crippen LogP contribution in [0.1, 0.15) is 103 Å². The van der Waals surface area contributed by atoms with Gasteiger partial charge in [0.2, 0.25) is 0 Å². The number of fused-ring (bicyclic) bond motifs is 5. The zero-order chi connectivity index (χ0) is 56.9. The maximum absolute atomic E-state index is 14.3. The van der Waals surface area contributed by atoms with E-state index in [2.05, 4.69) is 225 Å². The summed E-state index contributed by atoms with van der Waals surface area (Å²) in [6, 6.07) is 78.7. The van der Waals surface area contributed by atoms with Gasteiger partial charge in [-0.2, -0.15) is 0 Å². The molecule has 0 fully saturated rings. The Morgan fingerprint density at radius 2 is 0.855 bits per heavy atom. The Morgan fingerprint density at radius 3 is 1.39 bits per heavy atom. The average Bonchev–Trinajstić information content (AvgIpc) is 3.57. The van der Waals surface area contributed by atoms with Crippen molar-refractivity contribution in [1.82, 2.24) is 4.57 Å². The molecule has 0 amide bonds. The van der Waals surface area contributed by atoms with E-state index >= 15 is 0 Å². The third-order valence-electron chi connectivity index (χ3n) is 17.0. The predicted octanol–water partition coefficient (Wildman–Crippen LogP) is 20.3. The highest BCUT2D eigenvalue weighted by molar-refractivity contribution is 6.12. The van der Waals surface area contributed by atoms with Crippen molar-refractivity contribution in [3.63, 3.8) is 0 Å². The number of carbonyl (C=O) groups excluding carboxylic acids is 1. The van der Waals surface area contributed by atoms with Crippen LogP contribution in [0.4, 0.5) is 17.1 Å². The van der Waals surface area contributed by atoms with E-state index in [0.717, 1.165) is 104 Å². The van der Waals surface area contributed by atoms with Crippen LogP contribution in [0.5, 0.6) is 17.2 Å². The van der Waals surface area contributed by atoms with Crippen LogP contribution in [-0.2, 0) is 5.41 Å². The van der Waals surface area contributed by atoms with Gasteiger partial charge in [-0.15, -0.1) is 0 Å². The Morgan fingerprint density at radius 1 is 0.410 bits per heavy atom. The van der Waals surface area contributed by atoms with Gasteiger partial charge < -0.3 is 23.7 Å². The number of ketones is 1. The van der Waals surface area contributed by atoms with E-state index in [4.69, 9.17) is 14.2 Å². The summed E-state index contributed by atoms with van der Waals surface area (Å²) in [5.41, 5.74) is 19.6. The minimum Gasteiger partial charge on any atom is -0.497 e. The van der Waals surface area contributed by atoms with Gasteiger partial charge in [0.25, 0.3) is 0 Å². The summed E-state index contributed by atoms with van der Waals surface area (Å²) >= 11 is 0. The standard InChI is InChI=1S/C77H72N2O4/c1-53-49-64(41-45-66(53)56-21-13-12-14-22-56)82-47-19-10-8-6-7-9-11-20-48-83-65-42-46-67(54(2)50-65)60-34-44-69-68-43-33-59(55-31-39-63(81-5)40-32-55)51-74(68)79(75(69)52-60)62-37-29-58(30-38-62)76(80)57-27-35-61(36-28-57)78-72-25-17-15-23-70(72)77(3,4)71-24-16-18-26-73(71)78/h12-18,21-46,49-52H,6-11,19-20,47-48H2,1-5H3. The number of hydrogen-bond acceptors (Lipinski definition) is 5. The van der Waals surface area contributed by atoms with Gasteiger partial charge in [0.15, 0.2) is 5.78 Å². The van der Waals surface area contributed by atoms with Crippen LogP contribution in [-0.4, -0.2) is 30.7 Å². The number of para-hydroxylation sites is 2. The largest absolute Gasteiger partial charge is 0.497 e. The Bertz CT molecular complexity index is 4030. The number of carbonyl (C=O) groups is 1. The third kappa shape index (κ3) is 11.3. The van der Waals surface area contributed by atoms with Crippen LogP contribution in [0.3, 0.4) is 0 Å². The monoisotopic (exact) mass is 1090 g/mol. The fourth-order valence-corrected chi connectivity index (χ4v) is 12.4. The first kappa shape index (κ1) is 54.5. The van der Waals surface area contributed by atoms with Gasteiger partial charge >= 0.3 is 0 Å². The van der Waals surface area contributed by atoms with Crippen molar-refractivity contribution in [3.05, 3.63) is 258 Å². The number of methoxy groups -OCH3 is 1. The van der Waals surface area contributed by atoms with E-state index in [1.807, 2.05) is 36.4 Å². The second-order valence-electron chi connectivity index (χ2n) is 22.8. The molecular formula is C77H72N2O4. The van der Waals surface area contributed by atoms with Gasteiger partial charge in [0, 0.05) is 38.7 Å². The average molecular weight is 1090 g/mol. The molecule has 0 aliphatic carbocycles. The normalized spacial score (nSPS) is 12.5. The molecule has 0 unspecified atom stereocenters. The van der Waals surface area contributed by atoms with E-state index in [9.17, 15) is 4.79 Å². The van der Waals surface area contributed by atoms with E-state index in [1.165, 1.54) is 71.9 Å². The van der Waals surface area contributed by atoms with Crippen molar-refractivity contribution in [3.8, 4) is 56.3 Å². The number of benzene rings is 10. The number of hydrogen-bond donors (Lipinski definition) is 0. The van der Waals surface area contributed by atoms with E-state index < -0.39 is 0 Å². The number of unbranched alkanes of at least 4 members (excludes halogenated alkanes) is 7. The molecule has 2 heterocycles. The van der Waals surface area contributed by atoms with Crippen LogP contribution in [0.2, 0.25) is 0 Å². The number of anilines is 3. The molecule has 0 saturated heterocycles. The second-order valence-corrected chi connectivity index (χ2v) is 22.8. The molecule has 0 atom stereocenters. The molecule has 6 nitrogen and oxygen atoms in total. The smallest absolute Gasteiger partial charge is 0.193 e. The van der Waals surface area contributed by atoms with E-state index in [0.29, 0.717) is 17.7 Å². The minimum absolute atomic E-state index is 0.0187. The van der Waals surface area contributed by atoms with Gasteiger partial charge in [-0.25, -0.2) is 0 Å². The van der Waals surface area contributed by atoms with Crippen molar-refractivity contribution in [2.24, 2.45) is 0 Å². The molecule has 1 aromatic heterocycles. The molecule has 0 bridgehead atoms. The van der Waals surface area contributed by atoms with Crippen molar-refractivity contribution in [2.45, 2.75) is 84.5 Å². The Balaban J connectivity index is 0.703. The summed E-state index contributed by atoms with van der Waals surface area (Å²) in [5, 5.41) is 2.32. The summed E-state index contributed by atoms with van der Waals surface area (Å²) in [7, 11) is 1.69. The Labute approximate surface area is 489 Å². The predicted molar refractivity (Wildman–Crippen MR) is 344 cm³/mol. The van der Waals surface area contributed by atoms with Crippen LogP contribution in [0, 0.1) is 13.8 Å². The lowest BCUT2D eigenvalue weighted by Gasteiger charge is -2.42. The highest BCUT2D eigenvalue weighted by atomic mass is 16.5. The van der Waals surface area contributed by atoms with Gasteiger partial charge in [0.05, 0.1) is 42.7 Å². The fourth-order valence-electron chi connectivity index (χ4n) is 12.4. The SMILES string of the molecule is COc1ccc(-c2ccc3c4ccc(-c5ccc(OCCCCCCCCCCOc6ccc(-c7ccccc7)c(C)c6)cc5C)cc4n(-c4ccc(C(=O)c5ccc(N6c7ccccc7C(C)(C)c7ccccc76)cc5)cc4)c3c2)cc1. The molecule has 0 spiro atoms. The maximum atomic E-state index is 14.3. The summed E-state index contributed by atoms with van der Waals surface area (Å²) in [4.78, 5) is 16.6. The topological polar surface area (TPSA) is 52.9 Å². The molecular weight excluding hydrogens is 1020 g/mol. The van der Waals surface area contributed by atoms with Gasteiger partial charge in [-0.3, -0.25) is 4.79 Å². The number of rotatable bonds is 21. The molecule has 6 heteroatoms. The highest BCUT2D eigenvalue weighted by Gasteiger charge is 2.36. The maximum Gasteiger partial charge on any atom is 0.193 e. The molecule has 12 rings (SSSR count). The lowest BCUT2D eigenvalue weighted by atomic mass is 9.73. The van der Waals surface area contributed by atoms with Crippen molar-refractivity contribution < 1.29 is 19.0 Å². The summed E-state index contributed by atoms with van der Waals surface area (Å²) in [6.07, 6.45) is 9.49. The van der Waals surface area contributed by atoms with Crippen molar-refractivity contribution >= 4 is 44.7 Å². The quantitative estimate of drug-likeness (QED) is 0.0530. The van der Waals surface area contributed by atoms with Gasteiger partial charge in [-0.05, 0) is 192 Å². The minimum atomic E-state index is -0.147. The molecule has 11 aromatic rings. The van der Waals surface area contributed by atoms with Crippen molar-refractivity contribution in [1.29, 1.82) is 0 Å². The first-order valence-electron chi connectivity index (χ1n) is 29.6. The molecule has 0 saturated carbocycles. The molecule has 0 radical (unpaired) electrons. The lowest BCUT2D eigenvalue weighted by molar-refractivity contribution is 0.103. The third-order valence-corrected chi connectivity index (χ3v) is 17.0. The van der Waals surface area contributed by atoms with Crippen LogP contribution in [0.25, 0.3) is 60.9 Å². The second kappa shape index (κ2) is 24.1. The number of aryl methyl sites for hydroxylation is 2. The molecule has 1 aliphatic rings. The number of ether oxygens (including phenoxy) is 3. The van der Waals surface area contributed by atoms with E-state index in [1.54, 1.807) is 7.11 Å². The summed E-state index contributed by atoms with van der Waals surface area (Å²) in [5.74, 6) is 2.67.